The van der Waals surface area contributed by atoms with Crippen LogP contribution in [-0.2, 0) is 21.2 Å². The molecule has 1 aromatic heterocycles. The molecule has 2 heterocycles. The van der Waals surface area contributed by atoms with Gasteiger partial charge in [-0.3, -0.25) is 9.10 Å². The van der Waals surface area contributed by atoms with Crippen molar-refractivity contribution in [2.45, 2.75) is 32.1 Å². The number of amides is 1. The van der Waals surface area contributed by atoms with Gasteiger partial charge in [0, 0.05) is 17.0 Å². The number of carbonyl (C=O) groups is 2. The highest BCUT2D eigenvalue weighted by atomic mass is 32.2. The number of nitrogens with one attached hydrogen (secondary N) is 1. The van der Waals surface area contributed by atoms with Crippen LogP contribution in [0.4, 0.5) is 10.7 Å². The summed E-state index contributed by atoms with van der Waals surface area (Å²) in [5.41, 5.74) is 3.08. The number of hydrogen-bond donors (Lipinski definition) is 1. The van der Waals surface area contributed by atoms with Gasteiger partial charge in [-0.25, -0.2) is 13.2 Å². The van der Waals surface area contributed by atoms with E-state index in [9.17, 15) is 18.0 Å². The highest BCUT2D eigenvalue weighted by Crippen LogP contribution is 2.34. The van der Waals surface area contributed by atoms with Crippen molar-refractivity contribution >= 4 is 43.9 Å². The van der Waals surface area contributed by atoms with E-state index < -0.39 is 21.9 Å². The molecule has 0 saturated heterocycles. The minimum atomic E-state index is -3.74. The lowest BCUT2D eigenvalue weighted by atomic mass is 10.1. The number of carbonyl (C=O) groups excluding carboxylic acids is 2. The molecule has 172 valence electrons. The molecule has 9 heteroatoms. The summed E-state index contributed by atoms with van der Waals surface area (Å²) >= 11 is 1.30. The van der Waals surface area contributed by atoms with Crippen LogP contribution in [0, 0.1) is 13.8 Å². The minimum Gasteiger partial charge on any atom is -0.462 e. The third kappa shape index (κ3) is 4.26. The Balaban J connectivity index is 1.56. The van der Waals surface area contributed by atoms with Gasteiger partial charge >= 0.3 is 5.97 Å². The molecule has 0 aliphatic carbocycles. The van der Waals surface area contributed by atoms with Crippen LogP contribution < -0.4 is 9.62 Å². The molecule has 4 rings (SSSR count). The molecule has 33 heavy (non-hydrogen) atoms. The summed E-state index contributed by atoms with van der Waals surface area (Å²) in [4.78, 5) is 26.2. The highest BCUT2D eigenvalue weighted by Gasteiger charge is 2.30. The molecule has 0 bridgehead atoms. The fraction of sp³-hybridized carbons (Fsp3) is 0.250. The molecule has 0 unspecified atom stereocenters. The second-order valence-electron chi connectivity index (χ2n) is 7.64. The summed E-state index contributed by atoms with van der Waals surface area (Å²) in [5.74, 6) is -0.917. The molecule has 3 aromatic rings. The van der Waals surface area contributed by atoms with Crippen molar-refractivity contribution in [3.8, 4) is 0 Å². The second-order valence-corrected chi connectivity index (χ2v) is 10.7. The van der Waals surface area contributed by atoms with Gasteiger partial charge in [-0.15, -0.1) is 11.3 Å². The van der Waals surface area contributed by atoms with Gasteiger partial charge in [0.05, 0.1) is 22.8 Å². The number of aryl methyl sites for hydroxylation is 1. The third-order valence-corrected chi connectivity index (χ3v) is 8.59. The van der Waals surface area contributed by atoms with E-state index in [1.54, 1.807) is 13.0 Å². The van der Waals surface area contributed by atoms with Crippen LogP contribution in [0.25, 0.3) is 0 Å². The molecular formula is C24H24N2O5S2. The highest BCUT2D eigenvalue weighted by molar-refractivity contribution is 7.92. The van der Waals surface area contributed by atoms with E-state index in [4.69, 9.17) is 4.74 Å². The lowest BCUT2D eigenvalue weighted by Crippen LogP contribution is -2.29. The first-order chi connectivity index (χ1) is 15.7. The molecule has 0 fully saturated rings. The topological polar surface area (TPSA) is 92.8 Å². The Labute approximate surface area is 197 Å². The van der Waals surface area contributed by atoms with Crippen molar-refractivity contribution in [2.75, 3.05) is 22.8 Å². The monoisotopic (exact) mass is 484 g/mol. The van der Waals surface area contributed by atoms with Gasteiger partial charge < -0.3 is 10.1 Å². The van der Waals surface area contributed by atoms with Crippen LogP contribution in [0.5, 0.6) is 0 Å². The number of fused-ring (bicyclic) bond motifs is 1. The normalized spacial score (nSPS) is 13.0. The number of sulfonamides is 1. The van der Waals surface area contributed by atoms with Gasteiger partial charge in [0.15, 0.2) is 0 Å². The third-order valence-electron chi connectivity index (χ3n) is 5.64. The van der Waals surface area contributed by atoms with Crippen molar-refractivity contribution < 1.29 is 22.7 Å². The quantitative estimate of drug-likeness (QED) is 0.519. The molecule has 0 atom stereocenters. The summed E-state index contributed by atoms with van der Waals surface area (Å²) < 4.78 is 32.9. The molecule has 0 radical (unpaired) electrons. The van der Waals surface area contributed by atoms with Crippen molar-refractivity contribution in [3.63, 3.8) is 0 Å². The van der Waals surface area contributed by atoms with E-state index in [2.05, 4.69) is 5.32 Å². The molecule has 0 saturated carbocycles. The number of hydrogen-bond acceptors (Lipinski definition) is 6. The van der Waals surface area contributed by atoms with Crippen molar-refractivity contribution in [3.05, 3.63) is 75.7 Å². The summed E-state index contributed by atoms with van der Waals surface area (Å²) in [6.07, 6.45) is 0.665. The van der Waals surface area contributed by atoms with Crippen LogP contribution in [0.15, 0.2) is 53.4 Å². The number of benzene rings is 2. The van der Waals surface area contributed by atoms with Gasteiger partial charge in [-0.1, -0.05) is 18.2 Å². The number of rotatable bonds is 6. The number of ether oxygens (including phenoxy) is 1. The number of nitrogens with zero attached hydrogens (tertiary/aromatic N) is 1. The van der Waals surface area contributed by atoms with Gasteiger partial charge in [0.2, 0.25) is 0 Å². The summed E-state index contributed by atoms with van der Waals surface area (Å²) in [7, 11) is -3.74. The SMILES string of the molecule is CCOC(=O)c1c(NC(=O)c2ccc(S(=O)(=O)N3CCc4ccccc43)cc2)sc(C)c1C. The van der Waals surface area contributed by atoms with Gasteiger partial charge in [-0.2, -0.15) is 0 Å². The Morgan fingerprint density at radius 3 is 2.48 bits per heavy atom. The Morgan fingerprint density at radius 1 is 1.09 bits per heavy atom. The van der Waals surface area contributed by atoms with Gasteiger partial charge in [0.25, 0.3) is 15.9 Å². The summed E-state index contributed by atoms with van der Waals surface area (Å²) in [6, 6.07) is 13.3. The zero-order valence-electron chi connectivity index (χ0n) is 18.5. The maximum absolute atomic E-state index is 13.2. The predicted octanol–water partition coefficient (Wildman–Crippen LogP) is 4.55. The minimum absolute atomic E-state index is 0.116. The lowest BCUT2D eigenvalue weighted by molar-refractivity contribution is 0.0527. The summed E-state index contributed by atoms with van der Waals surface area (Å²) in [6.45, 7) is 6.02. The maximum atomic E-state index is 13.2. The molecule has 1 amide bonds. The fourth-order valence-electron chi connectivity index (χ4n) is 3.80. The number of thiophene rings is 1. The average Bonchev–Trinajstić information content (AvgIpc) is 3.35. The maximum Gasteiger partial charge on any atom is 0.341 e. The van der Waals surface area contributed by atoms with E-state index in [-0.39, 0.29) is 17.1 Å². The number of esters is 1. The van der Waals surface area contributed by atoms with Crippen molar-refractivity contribution in [1.29, 1.82) is 0 Å². The lowest BCUT2D eigenvalue weighted by Gasteiger charge is -2.19. The average molecular weight is 485 g/mol. The van der Waals surface area contributed by atoms with Crippen LogP contribution in [0.3, 0.4) is 0 Å². The fourth-order valence-corrected chi connectivity index (χ4v) is 6.35. The standard InChI is InChI=1S/C24H24N2O5S2/c1-4-31-24(28)21-15(2)16(3)32-23(21)25-22(27)18-9-11-19(12-10-18)33(29,30)26-14-13-17-7-5-6-8-20(17)26/h5-12H,4,13-14H2,1-3H3,(H,25,27). The molecule has 2 aromatic carbocycles. The van der Waals surface area contributed by atoms with Crippen molar-refractivity contribution in [2.24, 2.45) is 0 Å². The molecule has 7 nitrogen and oxygen atoms in total. The van der Waals surface area contributed by atoms with Crippen molar-refractivity contribution in [1.82, 2.24) is 0 Å². The Bertz CT molecular complexity index is 1330. The zero-order chi connectivity index (χ0) is 23.8. The predicted molar refractivity (Wildman–Crippen MR) is 129 cm³/mol. The van der Waals surface area contributed by atoms with Gasteiger partial charge in [0.1, 0.15) is 5.00 Å². The molecule has 1 aliphatic rings. The van der Waals surface area contributed by atoms with E-state index in [0.717, 1.165) is 16.0 Å². The number of para-hydroxylation sites is 1. The van der Waals surface area contributed by atoms with E-state index in [1.807, 2.05) is 32.0 Å². The van der Waals surface area contributed by atoms with Crippen LogP contribution in [-0.4, -0.2) is 33.4 Å². The van der Waals surface area contributed by atoms with Crippen LogP contribution in [0.1, 0.15) is 43.6 Å². The first kappa shape index (κ1) is 23.0. The van der Waals surface area contributed by atoms with Crippen LogP contribution >= 0.6 is 11.3 Å². The zero-order valence-corrected chi connectivity index (χ0v) is 20.2. The molecule has 0 spiro atoms. The second kappa shape index (κ2) is 8.99. The first-order valence-electron chi connectivity index (χ1n) is 10.5. The van der Waals surface area contributed by atoms with Crippen LogP contribution in [0.2, 0.25) is 0 Å². The molecule has 1 N–H and O–H groups in total. The number of anilines is 2. The Kier molecular flexibility index (Phi) is 6.27. The van der Waals surface area contributed by atoms with E-state index >= 15 is 0 Å². The van der Waals surface area contributed by atoms with Gasteiger partial charge in [-0.05, 0) is 68.7 Å². The Hall–Kier alpha value is -3.17. The van der Waals surface area contributed by atoms with E-state index in [0.29, 0.717) is 29.2 Å². The smallest absolute Gasteiger partial charge is 0.341 e. The largest absolute Gasteiger partial charge is 0.462 e. The summed E-state index contributed by atoms with van der Waals surface area (Å²) in [5, 5.41) is 3.19. The first-order valence-corrected chi connectivity index (χ1v) is 12.8. The van der Waals surface area contributed by atoms with E-state index in [1.165, 1.54) is 39.9 Å². The molecule has 1 aliphatic heterocycles. The molecular weight excluding hydrogens is 460 g/mol. The Morgan fingerprint density at radius 2 is 1.79 bits per heavy atom.